The van der Waals surface area contributed by atoms with E-state index in [1.54, 1.807) is 0 Å². The number of ether oxygens (including phenoxy) is 2. The third-order valence-electron chi connectivity index (χ3n) is 5.53. The van der Waals surface area contributed by atoms with E-state index in [4.69, 9.17) is 9.47 Å². The van der Waals surface area contributed by atoms with Gasteiger partial charge in [0.25, 0.3) is 0 Å². The third kappa shape index (κ3) is 4.42. The highest BCUT2D eigenvalue weighted by Gasteiger charge is 2.56. The Balaban J connectivity index is 1.73. The highest BCUT2D eigenvalue weighted by atomic mass is 16.6. The van der Waals surface area contributed by atoms with E-state index < -0.39 is 17.4 Å². The van der Waals surface area contributed by atoms with Gasteiger partial charge in [-0.05, 0) is 35.8 Å². The van der Waals surface area contributed by atoms with Gasteiger partial charge in [0.05, 0.1) is 0 Å². The van der Waals surface area contributed by atoms with Crippen LogP contribution in [0.5, 0.6) is 0 Å². The fourth-order valence-electron chi connectivity index (χ4n) is 3.83. The maximum absolute atomic E-state index is 13.0. The van der Waals surface area contributed by atoms with E-state index in [0.717, 1.165) is 11.1 Å². The lowest BCUT2D eigenvalue weighted by Crippen LogP contribution is -2.40. The highest BCUT2D eigenvalue weighted by Crippen LogP contribution is 2.47. The number of hydrogen-bond donors (Lipinski definition) is 1. The predicted octanol–water partition coefficient (Wildman–Crippen LogP) is 3.50. The molecule has 28 heavy (non-hydrogen) atoms. The fraction of sp³-hybridized carbons (Fsp3) is 0.391. The summed E-state index contributed by atoms with van der Waals surface area (Å²) < 4.78 is 11.0. The van der Waals surface area contributed by atoms with Crippen molar-refractivity contribution in [3.05, 3.63) is 71.8 Å². The first-order chi connectivity index (χ1) is 13.5. The maximum Gasteiger partial charge on any atom is 0.323 e. The predicted molar refractivity (Wildman–Crippen MR) is 104 cm³/mol. The van der Waals surface area contributed by atoms with Gasteiger partial charge >= 0.3 is 11.9 Å². The number of carbonyl (C=O) groups excluding carboxylic acids is 2. The Morgan fingerprint density at radius 3 is 1.75 bits per heavy atom. The lowest BCUT2D eigenvalue weighted by molar-refractivity contribution is -0.174. The van der Waals surface area contributed by atoms with E-state index in [-0.39, 0.29) is 38.1 Å². The number of esters is 2. The molecule has 1 aliphatic carbocycles. The molecule has 1 fully saturated rings. The first-order valence-electron chi connectivity index (χ1n) is 9.58. The highest BCUT2D eigenvalue weighted by molar-refractivity contribution is 6.00. The van der Waals surface area contributed by atoms with E-state index in [9.17, 15) is 14.7 Å². The molecule has 0 saturated heterocycles. The van der Waals surface area contributed by atoms with Gasteiger partial charge in [-0.3, -0.25) is 9.59 Å². The van der Waals surface area contributed by atoms with Gasteiger partial charge in [-0.1, -0.05) is 67.6 Å². The molecule has 148 valence electrons. The lowest BCUT2D eigenvalue weighted by Gasteiger charge is -2.25. The first kappa shape index (κ1) is 20.1. The van der Waals surface area contributed by atoms with Gasteiger partial charge in [0.1, 0.15) is 13.2 Å². The minimum atomic E-state index is -1.36. The summed E-state index contributed by atoms with van der Waals surface area (Å²) in [5.41, 5.74) is 0.345. The van der Waals surface area contributed by atoms with E-state index in [0.29, 0.717) is 6.42 Å². The average Bonchev–Trinajstić information content (AvgIpc) is 3.09. The molecule has 0 heterocycles. The van der Waals surface area contributed by atoms with Crippen molar-refractivity contribution in [2.45, 2.75) is 33.0 Å². The molecular formula is C23H26O5. The Kier molecular flexibility index (Phi) is 6.47. The summed E-state index contributed by atoms with van der Waals surface area (Å²) in [6.07, 6.45) is 0.561. The quantitative estimate of drug-likeness (QED) is 0.586. The molecular weight excluding hydrogens is 356 g/mol. The largest absolute Gasteiger partial charge is 0.460 e. The van der Waals surface area contributed by atoms with Gasteiger partial charge in [0.15, 0.2) is 5.41 Å². The number of aliphatic hydroxyl groups is 1. The molecule has 0 aromatic heterocycles. The van der Waals surface area contributed by atoms with Crippen LogP contribution in [0.3, 0.4) is 0 Å². The van der Waals surface area contributed by atoms with Crippen molar-refractivity contribution in [3.8, 4) is 0 Å². The molecule has 3 rings (SSSR count). The number of rotatable bonds is 7. The maximum atomic E-state index is 13.0. The molecule has 5 heteroatoms. The third-order valence-corrected chi connectivity index (χ3v) is 5.53. The molecule has 0 amide bonds. The molecule has 0 radical (unpaired) electrons. The normalized spacial score (nSPS) is 20.5. The number of carbonyl (C=O) groups is 2. The summed E-state index contributed by atoms with van der Waals surface area (Å²) >= 11 is 0. The van der Waals surface area contributed by atoms with Crippen LogP contribution < -0.4 is 0 Å². The first-order valence-corrected chi connectivity index (χ1v) is 9.58. The van der Waals surface area contributed by atoms with Crippen molar-refractivity contribution in [2.75, 3.05) is 6.61 Å². The molecule has 0 spiro atoms. The van der Waals surface area contributed by atoms with Crippen molar-refractivity contribution in [1.82, 2.24) is 0 Å². The summed E-state index contributed by atoms with van der Waals surface area (Å²) in [5, 5.41) is 9.64. The van der Waals surface area contributed by atoms with Crippen molar-refractivity contribution in [3.63, 3.8) is 0 Å². The van der Waals surface area contributed by atoms with Crippen LogP contribution in [0.1, 0.15) is 30.9 Å². The minimum Gasteiger partial charge on any atom is -0.460 e. The molecule has 2 aromatic carbocycles. The molecule has 5 nitrogen and oxygen atoms in total. The lowest BCUT2D eigenvalue weighted by atomic mass is 9.85. The van der Waals surface area contributed by atoms with Crippen molar-refractivity contribution in [2.24, 2.45) is 17.3 Å². The average molecular weight is 382 g/mol. The summed E-state index contributed by atoms with van der Waals surface area (Å²) in [5.74, 6) is -1.25. The minimum absolute atomic E-state index is 0.0264. The molecule has 0 aliphatic heterocycles. The summed E-state index contributed by atoms with van der Waals surface area (Å²) in [6, 6.07) is 18.7. The van der Waals surface area contributed by atoms with Crippen LogP contribution in [-0.4, -0.2) is 23.7 Å². The Hall–Kier alpha value is -2.66. The molecule has 1 N–H and O–H groups in total. The van der Waals surface area contributed by atoms with Crippen molar-refractivity contribution in [1.29, 1.82) is 0 Å². The Morgan fingerprint density at radius 2 is 1.36 bits per heavy atom. The van der Waals surface area contributed by atoms with E-state index in [1.165, 1.54) is 0 Å². The Bertz CT molecular complexity index is 732. The zero-order valence-corrected chi connectivity index (χ0v) is 16.0. The number of benzene rings is 2. The second-order valence-corrected chi connectivity index (χ2v) is 7.53. The van der Waals surface area contributed by atoms with Crippen molar-refractivity contribution < 1.29 is 24.2 Å². The Labute approximate surface area is 165 Å². The summed E-state index contributed by atoms with van der Waals surface area (Å²) in [6.45, 7) is 2.08. The van der Waals surface area contributed by atoms with E-state index in [1.807, 2.05) is 67.6 Å². The van der Waals surface area contributed by atoms with Gasteiger partial charge in [-0.2, -0.15) is 0 Å². The summed E-state index contributed by atoms with van der Waals surface area (Å²) in [4.78, 5) is 26.0. The molecule has 1 aliphatic rings. The topological polar surface area (TPSA) is 72.8 Å². The second-order valence-electron chi connectivity index (χ2n) is 7.53. The molecule has 0 unspecified atom stereocenters. The standard InChI is InChI=1S/C23H26O5/c1-17-12-23(13-20(17)14-24,21(25)27-15-18-8-4-2-5-9-18)22(26)28-16-19-10-6-3-7-11-19/h2-11,17,20,24H,12-16H2,1H3/t17-,20+/m0/s1. The van der Waals surface area contributed by atoms with Gasteiger partial charge < -0.3 is 14.6 Å². The van der Waals surface area contributed by atoms with Crippen molar-refractivity contribution >= 4 is 11.9 Å². The van der Waals surface area contributed by atoms with Gasteiger partial charge in [-0.25, -0.2) is 0 Å². The fourth-order valence-corrected chi connectivity index (χ4v) is 3.83. The molecule has 0 bridgehead atoms. The number of aliphatic hydroxyl groups excluding tert-OH is 1. The van der Waals surface area contributed by atoms with E-state index >= 15 is 0 Å². The smallest absolute Gasteiger partial charge is 0.323 e. The van der Waals surface area contributed by atoms with Gasteiger partial charge in [0, 0.05) is 6.61 Å². The van der Waals surface area contributed by atoms with Gasteiger partial charge in [-0.15, -0.1) is 0 Å². The van der Waals surface area contributed by atoms with Crippen LogP contribution in [-0.2, 0) is 32.3 Å². The monoisotopic (exact) mass is 382 g/mol. The van der Waals surface area contributed by atoms with Crippen LogP contribution in [0.25, 0.3) is 0 Å². The molecule has 2 aromatic rings. The molecule has 2 atom stereocenters. The van der Waals surface area contributed by atoms with Crippen LogP contribution in [0.4, 0.5) is 0 Å². The van der Waals surface area contributed by atoms with Gasteiger partial charge in [0.2, 0.25) is 0 Å². The zero-order valence-electron chi connectivity index (χ0n) is 16.0. The Morgan fingerprint density at radius 1 is 0.893 bits per heavy atom. The van der Waals surface area contributed by atoms with Crippen LogP contribution in [0.2, 0.25) is 0 Å². The molecule has 1 saturated carbocycles. The summed E-state index contributed by atoms with van der Waals surface area (Å²) in [7, 11) is 0. The van der Waals surface area contributed by atoms with Crippen LogP contribution in [0, 0.1) is 17.3 Å². The van der Waals surface area contributed by atoms with Crippen LogP contribution >= 0.6 is 0 Å². The number of hydrogen-bond acceptors (Lipinski definition) is 5. The SMILES string of the molecule is C[C@H]1CC(C(=O)OCc2ccccc2)(C(=O)OCc2ccccc2)C[C@@H]1CO. The van der Waals surface area contributed by atoms with E-state index in [2.05, 4.69) is 0 Å². The van der Waals surface area contributed by atoms with Crippen LogP contribution in [0.15, 0.2) is 60.7 Å². The zero-order chi connectivity index (χ0) is 20.0. The second kappa shape index (κ2) is 9.02.